The Hall–Kier alpha value is -1.56. The van der Waals surface area contributed by atoms with Crippen LogP contribution >= 0.6 is 0 Å². The van der Waals surface area contributed by atoms with E-state index in [1.807, 2.05) is 19.9 Å². The number of amides is 1. The van der Waals surface area contributed by atoms with Gasteiger partial charge in [-0.3, -0.25) is 4.90 Å². The first-order valence-corrected chi connectivity index (χ1v) is 6.66. The van der Waals surface area contributed by atoms with Gasteiger partial charge in [-0.1, -0.05) is 11.6 Å². The molecule has 1 aliphatic heterocycles. The molecule has 0 bridgehead atoms. The number of carboxylic acid groups (broad SMARTS) is 1. The topological polar surface area (TPSA) is 89.9 Å². The lowest BCUT2D eigenvalue weighted by Crippen LogP contribution is -2.55. The Morgan fingerprint density at radius 1 is 1.45 bits per heavy atom. The van der Waals surface area contributed by atoms with E-state index < -0.39 is 23.4 Å². The normalized spacial score (nSPS) is 29.2. The summed E-state index contributed by atoms with van der Waals surface area (Å²) in [6.45, 7) is 6.92. The van der Waals surface area contributed by atoms with Crippen molar-refractivity contribution in [2.24, 2.45) is 0 Å². The van der Waals surface area contributed by atoms with Crippen LogP contribution in [0.5, 0.6) is 0 Å². The minimum Gasteiger partial charge on any atom is -0.550 e. The third-order valence-electron chi connectivity index (χ3n) is 3.77. The molecule has 0 saturated carbocycles. The van der Waals surface area contributed by atoms with E-state index in [4.69, 9.17) is 4.74 Å². The van der Waals surface area contributed by atoms with Gasteiger partial charge in [-0.05, 0) is 40.5 Å². The van der Waals surface area contributed by atoms with Crippen molar-refractivity contribution in [1.29, 1.82) is 0 Å². The fourth-order valence-corrected chi connectivity index (χ4v) is 2.24. The zero-order valence-electron chi connectivity index (χ0n) is 12.4. The number of hydrogen-bond acceptors (Lipinski definition) is 5. The molecule has 0 aromatic rings. The van der Waals surface area contributed by atoms with Gasteiger partial charge in [0.2, 0.25) is 0 Å². The van der Waals surface area contributed by atoms with Crippen molar-refractivity contribution >= 4 is 12.1 Å². The van der Waals surface area contributed by atoms with E-state index >= 15 is 0 Å². The van der Waals surface area contributed by atoms with E-state index in [-0.39, 0.29) is 13.0 Å². The highest BCUT2D eigenvalue weighted by molar-refractivity contribution is 5.73. The molecule has 0 aliphatic carbocycles. The van der Waals surface area contributed by atoms with Crippen LogP contribution in [0.25, 0.3) is 0 Å². The molecule has 0 unspecified atom stereocenters. The molecular weight excluding hydrogens is 262 g/mol. The minimum atomic E-state index is -1.55. The lowest BCUT2D eigenvalue weighted by Gasteiger charge is -2.37. The van der Waals surface area contributed by atoms with Gasteiger partial charge in [0, 0.05) is 18.9 Å². The van der Waals surface area contributed by atoms with Crippen molar-refractivity contribution in [1.82, 2.24) is 4.90 Å². The van der Waals surface area contributed by atoms with Gasteiger partial charge in [0.1, 0.15) is 0 Å². The number of aliphatic hydroxyl groups is 1. The number of hydrogen-bond donors (Lipinski definition) is 1. The van der Waals surface area contributed by atoms with Crippen LogP contribution in [-0.4, -0.2) is 39.9 Å². The van der Waals surface area contributed by atoms with Gasteiger partial charge in [-0.15, -0.1) is 0 Å². The predicted octanol–water partition coefficient (Wildman–Crippen LogP) is 0.792. The van der Waals surface area contributed by atoms with E-state index in [2.05, 4.69) is 0 Å². The first-order chi connectivity index (χ1) is 9.10. The maximum absolute atomic E-state index is 11.8. The number of ether oxygens (including phenoxy) is 1. The molecule has 0 spiro atoms. The molecule has 20 heavy (non-hydrogen) atoms. The van der Waals surface area contributed by atoms with Gasteiger partial charge in [0.05, 0.1) is 0 Å². The Labute approximate surface area is 119 Å². The Kier molecular flexibility index (Phi) is 4.81. The Bertz CT molecular complexity index is 425. The molecule has 1 amide bonds. The number of carboxylic acids is 1. The summed E-state index contributed by atoms with van der Waals surface area (Å²) in [6.07, 6.45) is 2.08. The molecule has 1 heterocycles. The monoisotopic (exact) mass is 284 g/mol. The van der Waals surface area contributed by atoms with Crippen LogP contribution < -0.4 is 5.11 Å². The number of aliphatic carboxylic acids is 1. The fourth-order valence-electron chi connectivity index (χ4n) is 2.24. The minimum absolute atomic E-state index is 0.133. The summed E-state index contributed by atoms with van der Waals surface area (Å²) in [7, 11) is 0. The molecule has 0 aromatic carbocycles. The van der Waals surface area contributed by atoms with Gasteiger partial charge in [0.15, 0.2) is 11.3 Å². The largest absolute Gasteiger partial charge is 0.550 e. The molecule has 1 rings (SSSR count). The number of cyclic esters (lactones) is 1. The van der Waals surface area contributed by atoms with E-state index in [1.165, 1.54) is 6.92 Å². The Balaban J connectivity index is 2.81. The van der Waals surface area contributed by atoms with Crippen molar-refractivity contribution in [2.45, 2.75) is 58.3 Å². The summed E-state index contributed by atoms with van der Waals surface area (Å²) in [6, 6.07) is 0. The van der Waals surface area contributed by atoms with Crippen molar-refractivity contribution in [3.05, 3.63) is 11.6 Å². The summed E-state index contributed by atoms with van der Waals surface area (Å²) in [5.74, 6) is -1.27. The van der Waals surface area contributed by atoms with Crippen molar-refractivity contribution < 1.29 is 24.5 Å². The van der Waals surface area contributed by atoms with E-state index in [0.29, 0.717) is 12.8 Å². The van der Waals surface area contributed by atoms with Crippen LogP contribution in [0.1, 0.15) is 47.0 Å². The number of nitrogens with zero attached hydrogens (tertiary/aromatic N) is 1. The lowest BCUT2D eigenvalue weighted by atomic mass is 9.88. The highest BCUT2D eigenvalue weighted by atomic mass is 16.6. The van der Waals surface area contributed by atoms with Gasteiger partial charge in [0.25, 0.3) is 0 Å². The molecule has 1 saturated heterocycles. The Morgan fingerprint density at radius 3 is 2.55 bits per heavy atom. The summed E-state index contributed by atoms with van der Waals surface area (Å²) >= 11 is 0. The zero-order chi connectivity index (χ0) is 15.6. The van der Waals surface area contributed by atoms with E-state index in [0.717, 1.165) is 10.5 Å². The quantitative estimate of drug-likeness (QED) is 0.728. The average molecular weight is 284 g/mol. The third-order valence-corrected chi connectivity index (χ3v) is 3.77. The second-order valence-electron chi connectivity index (χ2n) is 5.71. The molecule has 6 heteroatoms. The number of carbonyl (C=O) groups excluding carboxylic acids is 2. The first kappa shape index (κ1) is 16.5. The second kappa shape index (κ2) is 5.83. The van der Waals surface area contributed by atoms with Gasteiger partial charge in [-0.25, -0.2) is 4.79 Å². The molecule has 2 atom stereocenters. The summed E-state index contributed by atoms with van der Waals surface area (Å²) in [5.41, 5.74) is -1.47. The second-order valence-corrected chi connectivity index (χ2v) is 5.71. The van der Waals surface area contributed by atoms with E-state index in [1.54, 1.807) is 6.92 Å². The summed E-state index contributed by atoms with van der Waals surface area (Å²) < 4.78 is 5.29. The number of allylic oxidation sites excluding steroid dienone is 2. The highest BCUT2D eigenvalue weighted by Crippen LogP contribution is 2.40. The molecule has 1 fully saturated rings. The molecule has 114 valence electrons. The predicted molar refractivity (Wildman–Crippen MR) is 70.5 cm³/mol. The SMILES string of the molecule is CC(C)=CCC[C@]1(C)OC(=O)N(CCC(=O)[O-])[C@@]1(C)O. The molecular formula is C14H22NO5-. The van der Waals surface area contributed by atoms with Crippen LogP contribution in [0.3, 0.4) is 0 Å². The van der Waals surface area contributed by atoms with Crippen molar-refractivity contribution in [3.8, 4) is 0 Å². The Morgan fingerprint density at radius 2 is 2.05 bits per heavy atom. The zero-order valence-corrected chi connectivity index (χ0v) is 12.4. The molecule has 0 radical (unpaired) electrons. The lowest BCUT2D eigenvalue weighted by molar-refractivity contribution is -0.306. The van der Waals surface area contributed by atoms with Crippen LogP contribution in [0.4, 0.5) is 4.79 Å². The average Bonchev–Trinajstić information content (AvgIpc) is 2.42. The maximum Gasteiger partial charge on any atom is 0.412 e. The van der Waals surface area contributed by atoms with Crippen LogP contribution in [0.2, 0.25) is 0 Å². The smallest absolute Gasteiger partial charge is 0.412 e. The van der Waals surface area contributed by atoms with Gasteiger partial charge in [-0.2, -0.15) is 0 Å². The van der Waals surface area contributed by atoms with Crippen molar-refractivity contribution in [3.63, 3.8) is 0 Å². The number of rotatable bonds is 6. The van der Waals surface area contributed by atoms with Gasteiger partial charge >= 0.3 is 6.09 Å². The van der Waals surface area contributed by atoms with Gasteiger partial charge < -0.3 is 19.7 Å². The molecule has 0 aromatic heterocycles. The third kappa shape index (κ3) is 3.30. The van der Waals surface area contributed by atoms with E-state index in [9.17, 15) is 19.8 Å². The van der Waals surface area contributed by atoms with Crippen LogP contribution in [-0.2, 0) is 9.53 Å². The standard InChI is InChI=1S/C14H23NO5/c1-10(2)6-5-8-13(3)14(4,19)15(12(18)20-13)9-7-11(16)17/h6,19H,5,7-9H2,1-4H3,(H,16,17)/p-1/t13-,14-/m0/s1. The summed E-state index contributed by atoms with van der Waals surface area (Å²) in [4.78, 5) is 23.4. The highest BCUT2D eigenvalue weighted by Gasteiger charge is 2.58. The fraction of sp³-hybridized carbons (Fsp3) is 0.714. The molecule has 1 N–H and O–H groups in total. The number of carbonyl (C=O) groups is 2. The first-order valence-electron chi connectivity index (χ1n) is 6.66. The molecule has 6 nitrogen and oxygen atoms in total. The summed E-state index contributed by atoms with van der Waals surface area (Å²) in [5, 5.41) is 21.1. The van der Waals surface area contributed by atoms with Crippen LogP contribution in [0.15, 0.2) is 11.6 Å². The van der Waals surface area contributed by atoms with Crippen molar-refractivity contribution in [2.75, 3.05) is 6.54 Å². The maximum atomic E-state index is 11.8. The van der Waals surface area contributed by atoms with Crippen LogP contribution in [0, 0.1) is 0 Å². The molecule has 1 aliphatic rings.